The first-order valence-electron chi connectivity index (χ1n) is 5.37. The second-order valence-corrected chi connectivity index (χ2v) is 10.0. The Morgan fingerprint density at radius 2 is 1.88 bits per heavy atom. The van der Waals surface area contributed by atoms with Crippen LogP contribution in [0.25, 0.3) is 5.57 Å². The Bertz CT molecular complexity index is 416. The monoisotopic (exact) mass is 292 g/mol. The van der Waals surface area contributed by atoms with Crippen LogP contribution in [0.2, 0.25) is 19.6 Å². The molecule has 0 radical (unpaired) electrons. The van der Waals surface area contributed by atoms with E-state index in [1.807, 2.05) is 18.2 Å². The average molecular weight is 293 g/mol. The largest absolute Gasteiger partial charge is 0.129 e. The van der Waals surface area contributed by atoms with E-state index in [4.69, 9.17) is 0 Å². The van der Waals surface area contributed by atoms with Crippen LogP contribution in [0.3, 0.4) is 0 Å². The van der Waals surface area contributed by atoms with Gasteiger partial charge in [0.2, 0.25) is 0 Å². The molecule has 1 aromatic rings. The van der Waals surface area contributed by atoms with Crippen molar-refractivity contribution in [3.05, 3.63) is 42.0 Å². The molecule has 0 bridgehead atoms. The van der Waals surface area contributed by atoms with Gasteiger partial charge >= 0.3 is 0 Å². The molecule has 0 heterocycles. The lowest BCUT2D eigenvalue weighted by Gasteiger charge is -2.05. The van der Waals surface area contributed by atoms with E-state index in [9.17, 15) is 0 Å². The molecule has 0 aliphatic heterocycles. The van der Waals surface area contributed by atoms with Crippen LogP contribution in [0.1, 0.15) is 5.56 Å². The quantitative estimate of drug-likeness (QED) is 0.432. The lowest BCUT2D eigenvalue weighted by molar-refractivity contribution is 1.62. The van der Waals surface area contributed by atoms with Crippen LogP contribution in [0.15, 0.2) is 36.4 Å². The smallest absolute Gasteiger partial charge is 0.127 e. The van der Waals surface area contributed by atoms with Crippen LogP contribution in [0.5, 0.6) is 0 Å². The Balaban J connectivity index is 3.02. The van der Waals surface area contributed by atoms with Gasteiger partial charge in [-0.15, -0.1) is 5.54 Å². The predicted octanol–water partition coefficient (Wildman–Crippen LogP) is 4.35. The van der Waals surface area contributed by atoms with E-state index in [1.54, 1.807) is 0 Å². The maximum absolute atomic E-state index is 3.43. The molecule has 16 heavy (non-hydrogen) atoms. The first-order chi connectivity index (χ1) is 7.53. The van der Waals surface area contributed by atoms with Gasteiger partial charge in [-0.1, -0.05) is 77.9 Å². The minimum atomic E-state index is -1.30. The molecule has 0 saturated carbocycles. The molecule has 0 aromatic heterocycles. The molecule has 2 heteroatoms. The number of alkyl halides is 1. The Labute approximate surface area is 108 Å². The summed E-state index contributed by atoms with van der Waals surface area (Å²) in [4.78, 5) is 0. The zero-order chi connectivity index (χ0) is 12.0. The first kappa shape index (κ1) is 13.3. The van der Waals surface area contributed by atoms with E-state index >= 15 is 0 Å². The van der Waals surface area contributed by atoms with Gasteiger partial charge < -0.3 is 0 Å². The van der Waals surface area contributed by atoms with E-state index in [0.29, 0.717) is 0 Å². The van der Waals surface area contributed by atoms with Crippen molar-refractivity contribution in [3.8, 4) is 11.5 Å². The van der Waals surface area contributed by atoms with E-state index in [1.165, 1.54) is 5.56 Å². The van der Waals surface area contributed by atoms with Crippen LogP contribution in [-0.2, 0) is 0 Å². The molecule has 0 fully saturated rings. The summed E-state index contributed by atoms with van der Waals surface area (Å²) in [5.41, 5.74) is 5.73. The minimum Gasteiger partial charge on any atom is -0.127 e. The first-order valence-corrected chi connectivity index (χ1v) is 10.00. The van der Waals surface area contributed by atoms with Crippen molar-refractivity contribution in [1.82, 2.24) is 0 Å². The van der Waals surface area contributed by atoms with Gasteiger partial charge in [-0.2, -0.15) is 0 Å². The summed E-state index contributed by atoms with van der Waals surface area (Å²) in [6.07, 6.45) is 2.13. The predicted molar refractivity (Wildman–Crippen MR) is 79.3 cm³/mol. The summed E-state index contributed by atoms with van der Waals surface area (Å²) in [5.74, 6) is 3.32. The fourth-order valence-electron chi connectivity index (χ4n) is 1.19. The molecule has 0 atom stereocenters. The molecule has 0 amide bonds. The molecule has 0 saturated heterocycles. The molecule has 1 aromatic carbocycles. The van der Waals surface area contributed by atoms with Gasteiger partial charge in [0.05, 0.1) is 0 Å². The summed E-state index contributed by atoms with van der Waals surface area (Å²) in [6.45, 7) is 6.78. The van der Waals surface area contributed by atoms with Gasteiger partial charge in [0.25, 0.3) is 0 Å². The number of hydrogen-bond donors (Lipinski definition) is 0. The highest BCUT2D eigenvalue weighted by atomic mass is 79.9. The Kier molecular flexibility index (Phi) is 5.04. The third kappa shape index (κ3) is 4.83. The lowest BCUT2D eigenvalue weighted by Crippen LogP contribution is -2.16. The third-order valence-electron chi connectivity index (χ3n) is 1.94. The van der Waals surface area contributed by atoms with Gasteiger partial charge in [0.15, 0.2) is 0 Å². The van der Waals surface area contributed by atoms with Crippen molar-refractivity contribution in [2.24, 2.45) is 0 Å². The van der Waals surface area contributed by atoms with E-state index < -0.39 is 8.07 Å². The molecule has 0 aliphatic rings. The Morgan fingerprint density at radius 1 is 1.25 bits per heavy atom. The highest BCUT2D eigenvalue weighted by Gasteiger charge is 2.08. The molecule has 0 spiro atoms. The highest BCUT2D eigenvalue weighted by Crippen LogP contribution is 2.14. The fourth-order valence-corrected chi connectivity index (χ4v) is 2.02. The molecule has 0 aliphatic carbocycles. The zero-order valence-corrected chi connectivity index (χ0v) is 12.6. The molecule has 0 unspecified atom stereocenters. The van der Waals surface area contributed by atoms with Crippen LogP contribution >= 0.6 is 15.9 Å². The topological polar surface area (TPSA) is 0 Å². The maximum Gasteiger partial charge on any atom is 0.129 e. The van der Waals surface area contributed by atoms with Crippen LogP contribution in [-0.4, -0.2) is 13.4 Å². The van der Waals surface area contributed by atoms with Crippen molar-refractivity contribution >= 4 is 29.6 Å². The average Bonchev–Trinajstić information content (AvgIpc) is 2.24. The van der Waals surface area contributed by atoms with E-state index in [0.717, 1.165) is 10.9 Å². The molecular weight excluding hydrogens is 276 g/mol. The van der Waals surface area contributed by atoms with Gasteiger partial charge in [-0.25, -0.2) is 0 Å². The summed E-state index contributed by atoms with van der Waals surface area (Å²) < 4.78 is 0. The molecular formula is C14H17BrSi. The van der Waals surface area contributed by atoms with Crippen molar-refractivity contribution in [2.45, 2.75) is 19.6 Å². The molecule has 84 valence electrons. The van der Waals surface area contributed by atoms with Gasteiger partial charge in [-0.3, -0.25) is 0 Å². The molecule has 1 rings (SSSR count). The summed E-state index contributed by atoms with van der Waals surface area (Å²) in [6, 6.07) is 10.3. The Morgan fingerprint density at radius 3 is 2.38 bits per heavy atom. The number of rotatable bonds is 2. The van der Waals surface area contributed by atoms with Crippen LogP contribution in [0.4, 0.5) is 0 Å². The summed E-state index contributed by atoms with van der Waals surface area (Å²) in [7, 11) is -1.30. The number of hydrogen-bond acceptors (Lipinski definition) is 0. The van der Waals surface area contributed by atoms with Crippen molar-refractivity contribution in [3.63, 3.8) is 0 Å². The van der Waals surface area contributed by atoms with Crippen molar-refractivity contribution < 1.29 is 0 Å². The Hall–Kier alpha value is -0.783. The lowest BCUT2D eigenvalue weighted by atomic mass is 10.1. The standard InChI is InChI=1S/C14H17BrSi/c1-16(2,3)12-10-14(9-11-15)13-7-5-4-6-8-13/h4-9H,11H2,1-3H3/b14-9-. The number of benzene rings is 1. The van der Waals surface area contributed by atoms with Gasteiger partial charge in [0, 0.05) is 10.9 Å². The third-order valence-corrected chi connectivity index (χ3v) is 3.14. The van der Waals surface area contributed by atoms with E-state index in [2.05, 4.69) is 65.2 Å². The summed E-state index contributed by atoms with van der Waals surface area (Å²) in [5, 5.41) is 0.845. The number of halogens is 1. The normalized spacial score (nSPS) is 11.9. The van der Waals surface area contributed by atoms with Gasteiger partial charge in [-0.05, 0) is 5.56 Å². The minimum absolute atomic E-state index is 0.845. The maximum atomic E-state index is 3.43. The zero-order valence-electron chi connectivity index (χ0n) is 10.0. The SMILES string of the molecule is C[Si](C)(C)C#C/C(=C/CBr)c1ccccc1. The van der Waals surface area contributed by atoms with Crippen LogP contribution < -0.4 is 0 Å². The second kappa shape index (κ2) is 6.08. The van der Waals surface area contributed by atoms with Crippen LogP contribution in [0, 0.1) is 11.5 Å². The highest BCUT2D eigenvalue weighted by molar-refractivity contribution is 9.09. The number of allylic oxidation sites excluding steroid dienone is 2. The molecule has 0 N–H and O–H groups in total. The van der Waals surface area contributed by atoms with Crippen molar-refractivity contribution in [1.29, 1.82) is 0 Å². The molecule has 0 nitrogen and oxygen atoms in total. The second-order valence-electron chi connectivity index (χ2n) is 4.64. The van der Waals surface area contributed by atoms with Crippen molar-refractivity contribution in [2.75, 3.05) is 5.33 Å². The summed E-state index contributed by atoms with van der Waals surface area (Å²) >= 11 is 3.43. The van der Waals surface area contributed by atoms with Gasteiger partial charge in [0.1, 0.15) is 8.07 Å². The fraction of sp³-hybridized carbons (Fsp3) is 0.286. The van der Waals surface area contributed by atoms with E-state index in [-0.39, 0.29) is 0 Å².